The maximum atomic E-state index is 11.2. The number of hydrogen-bond acceptors (Lipinski definition) is 7. The maximum Gasteiger partial charge on any atom is 0.222 e. The van der Waals surface area contributed by atoms with Crippen molar-refractivity contribution in [3.8, 4) is 11.5 Å². The summed E-state index contributed by atoms with van der Waals surface area (Å²) in [4.78, 5) is 9.33. The van der Waals surface area contributed by atoms with Crippen LogP contribution in [0.15, 0.2) is 48.7 Å². The fraction of sp³-hybridized carbons (Fsp3) is 0.217. The molecular weight excluding hydrogens is 430 g/mol. The summed E-state index contributed by atoms with van der Waals surface area (Å²) in [5.74, 6) is 1.23. The average molecular weight is 454 g/mol. The lowest BCUT2D eigenvalue weighted by Gasteiger charge is -2.14. The molecule has 0 unspecified atom stereocenters. The molecule has 4 aromatic rings. The van der Waals surface area contributed by atoms with Crippen LogP contribution in [0.4, 0.5) is 5.69 Å². The van der Waals surface area contributed by atoms with Gasteiger partial charge in [-0.25, -0.2) is 8.42 Å². The number of pyridine rings is 2. The van der Waals surface area contributed by atoms with Crippen LogP contribution in [0.5, 0.6) is 11.5 Å². The van der Waals surface area contributed by atoms with Crippen LogP contribution in [-0.4, -0.2) is 39.7 Å². The fourth-order valence-corrected chi connectivity index (χ4v) is 4.12. The standard InChI is InChI=1S/C23H23N3O5S/c1-29-13-20-18-11-22(31-3)21(30-2)10-17(18)15(12-24-20)9-16-8-7-14-5-4-6-19(23(14)25-16)26-32(27)28/h4-8,10-12,32H,9,13H2,1-3H3,(H,26,27,28). The number of aromatic nitrogens is 2. The minimum absolute atomic E-state index is 0.364. The Morgan fingerprint density at radius 3 is 2.41 bits per heavy atom. The van der Waals surface area contributed by atoms with Crippen LogP contribution in [0.2, 0.25) is 0 Å². The van der Waals surface area contributed by atoms with E-state index in [-0.39, 0.29) is 0 Å². The molecule has 0 spiro atoms. The van der Waals surface area contributed by atoms with Gasteiger partial charge >= 0.3 is 0 Å². The lowest BCUT2D eigenvalue weighted by atomic mass is 10.00. The van der Waals surface area contributed by atoms with Crippen molar-refractivity contribution >= 4 is 38.3 Å². The predicted octanol–water partition coefficient (Wildman–Crippen LogP) is 3.48. The summed E-state index contributed by atoms with van der Waals surface area (Å²) in [6, 6.07) is 13.1. The summed E-state index contributed by atoms with van der Waals surface area (Å²) in [5, 5.41) is 2.72. The summed E-state index contributed by atoms with van der Waals surface area (Å²) >= 11 is 0. The first-order valence-corrected chi connectivity index (χ1v) is 11.0. The van der Waals surface area contributed by atoms with Gasteiger partial charge < -0.3 is 14.2 Å². The van der Waals surface area contributed by atoms with E-state index >= 15 is 0 Å². The van der Waals surface area contributed by atoms with Gasteiger partial charge in [-0.1, -0.05) is 18.2 Å². The van der Waals surface area contributed by atoms with Gasteiger partial charge in [0.2, 0.25) is 10.9 Å². The van der Waals surface area contributed by atoms with E-state index in [1.165, 1.54) is 0 Å². The number of benzene rings is 2. The number of nitrogens with zero attached hydrogens (tertiary/aromatic N) is 2. The van der Waals surface area contributed by atoms with Crippen molar-refractivity contribution in [3.05, 3.63) is 65.6 Å². The Labute approximate surface area is 187 Å². The van der Waals surface area contributed by atoms with E-state index in [0.717, 1.165) is 33.1 Å². The third-order valence-electron chi connectivity index (χ3n) is 5.20. The quantitative estimate of drug-likeness (QED) is 0.394. The molecule has 0 aliphatic carbocycles. The van der Waals surface area contributed by atoms with Crippen LogP contribution >= 0.6 is 0 Å². The van der Waals surface area contributed by atoms with Crippen LogP contribution in [-0.2, 0) is 28.7 Å². The summed E-state index contributed by atoms with van der Waals surface area (Å²) in [7, 11) is 2.03. The molecule has 4 rings (SSSR count). The highest BCUT2D eigenvalue weighted by Gasteiger charge is 2.15. The molecule has 0 saturated carbocycles. The van der Waals surface area contributed by atoms with Crippen LogP contribution in [0, 0.1) is 0 Å². The summed E-state index contributed by atoms with van der Waals surface area (Å²) < 4.78 is 41.1. The van der Waals surface area contributed by atoms with Gasteiger partial charge in [-0.3, -0.25) is 14.7 Å². The van der Waals surface area contributed by atoms with E-state index < -0.39 is 10.9 Å². The predicted molar refractivity (Wildman–Crippen MR) is 124 cm³/mol. The number of thiol groups is 1. The normalized spacial score (nSPS) is 11.2. The van der Waals surface area contributed by atoms with Crippen LogP contribution < -0.4 is 14.2 Å². The average Bonchev–Trinajstić information content (AvgIpc) is 2.80. The second kappa shape index (κ2) is 9.37. The lowest BCUT2D eigenvalue weighted by Crippen LogP contribution is -2.02. The topological polar surface area (TPSA) is 99.6 Å². The van der Waals surface area contributed by atoms with E-state index in [2.05, 4.69) is 9.71 Å². The molecule has 9 heteroatoms. The maximum absolute atomic E-state index is 11.2. The second-order valence-corrected chi connectivity index (χ2v) is 7.88. The SMILES string of the molecule is COCc1ncc(Cc2ccc3cccc(N[SH](=O)=O)c3n2)c2cc(OC)c(OC)cc12. The molecule has 0 atom stereocenters. The van der Waals surface area contributed by atoms with E-state index in [4.69, 9.17) is 19.2 Å². The van der Waals surface area contributed by atoms with Gasteiger partial charge in [0.05, 0.1) is 37.7 Å². The molecule has 0 radical (unpaired) electrons. The van der Waals surface area contributed by atoms with Gasteiger partial charge in [0, 0.05) is 36.2 Å². The first-order valence-electron chi connectivity index (χ1n) is 9.85. The summed E-state index contributed by atoms with van der Waals surface area (Å²) in [5.41, 5.74) is 3.57. The van der Waals surface area contributed by atoms with Gasteiger partial charge in [0.1, 0.15) is 0 Å². The van der Waals surface area contributed by atoms with E-state index in [1.54, 1.807) is 33.5 Å². The molecule has 0 amide bonds. The first kappa shape index (κ1) is 21.8. The molecule has 0 aliphatic heterocycles. The molecule has 166 valence electrons. The minimum Gasteiger partial charge on any atom is -0.493 e. The van der Waals surface area contributed by atoms with Gasteiger partial charge in [0.15, 0.2) is 11.5 Å². The largest absolute Gasteiger partial charge is 0.493 e. The smallest absolute Gasteiger partial charge is 0.222 e. The van der Waals surface area contributed by atoms with Gasteiger partial charge in [-0.05, 0) is 35.2 Å². The zero-order valence-corrected chi connectivity index (χ0v) is 18.8. The van der Waals surface area contributed by atoms with Crippen LogP contribution in [0.25, 0.3) is 21.7 Å². The van der Waals surface area contributed by atoms with Gasteiger partial charge in [-0.15, -0.1) is 0 Å². The number of anilines is 1. The molecule has 0 fully saturated rings. The van der Waals surface area contributed by atoms with Crippen molar-refractivity contribution < 1.29 is 22.6 Å². The Balaban J connectivity index is 1.83. The zero-order chi connectivity index (χ0) is 22.7. The highest BCUT2D eigenvalue weighted by molar-refractivity contribution is 7.73. The van der Waals surface area contributed by atoms with Crippen molar-refractivity contribution in [3.63, 3.8) is 0 Å². The molecule has 0 aliphatic rings. The van der Waals surface area contributed by atoms with Gasteiger partial charge in [-0.2, -0.15) is 0 Å². The molecule has 2 aromatic heterocycles. The summed E-state index contributed by atoms with van der Waals surface area (Å²) in [6.07, 6.45) is 2.31. The number of hydrogen-bond donors (Lipinski definition) is 2. The Morgan fingerprint density at radius 1 is 0.969 bits per heavy atom. The van der Waals surface area contributed by atoms with Crippen molar-refractivity contribution in [1.29, 1.82) is 0 Å². The van der Waals surface area contributed by atoms with E-state index in [0.29, 0.717) is 35.7 Å². The van der Waals surface area contributed by atoms with Crippen LogP contribution in [0.3, 0.4) is 0 Å². The Bertz CT molecular complexity index is 1360. The molecule has 2 heterocycles. The number of fused-ring (bicyclic) bond motifs is 2. The monoisotopic (exact) mass is 453 g/mol. The van der Waals surface area contributed by atoms with E-state index in [1.807, 2.05) is 36.5 Å². The third-order valence-corrected chi connectivity index (χ3v) is 5.62. The number of methoxy groups -OCH3 is 3. The number of nitrogens with one attached hydrogen (secondary N) is 1. The zero-order valence-electron chi connectivity index (χ0n) is 17.9. The number of para-hydroxylation sites is 1. The van der Waals surface area contributed by atoms with Gasteiger partial charge in [0.25, 0.3) is 0 Å². The van der Waals surface area contributed by atoms with Crippen LogP contribution in [0.1, 0.15) is 17.0 Å². The minimum atomic E-state index is -2.79. The highest BCUT2D eigenvalue weighted by Crippen LogP contribution is 2.35. The molecule has 32 heavy (non-hydrogen) atoms. The van der Waals surface area contributed by atoms with Crippen molar-refractivity contribution in [2.24, 2.45) is 0 Å². The van der Waals surface area contributed by atoms with E-state index in [9.17, 15) is 8.42 Å². The van der Waals surface area contributed by atoms with Crippen molar-refractivity contribution in [2.75, 3.05) is 26.1 Å². The second-order valence-electron chi connectivity index (χ2n) is 7.14. The Hall–Kier alpha value is -3.43. The molecule has 0 bridgehead atoms. The Kier molecular flexibility index (Phi) is 6.38. The lowest BCUT2D eigenvalue weighted by molar-refractivity contribution is 0.182. The third kappa shape index (κ3) is 4.30. The number of rotatable bonds is 8. The van der Waals surface area contributed by atoms with Crippen molar-refractivity contribution in [2.45, 2.75) is 13.0 Å². The van der Waals surface area contributed by atoms with Crippen molar-refractivity contribution in [1.82, 2.24) is 9.97 Å². The molecule has 2 aromatic carbocycles. The first-order chi connectivity index (χ1) is 15.5. The molecule has 1 N–H and O–H groups in total. The molecule has 8 nitrogen and oxygen atoms in total. The summed E-state index contributed by atoms with van der Waals surface area (Å²) in [6.45, 7) is 0.364. The molecule has 0 saturated heterocycles. The highest BCUT2D eigenvalue weighted by atomic mass is 32.2. The molecular formula is C23H23N3O5S. The fourth-order valence-electron chi connectivity index (χ4n) is 3.74. The Morgan fingerprint density at radius 2 is 1.72 bits per heavy atom. The number of ether oxygens (including phenoxy) is 3.